The van der Waals surface area contributed by atoms with Crippen molar-refractivity contribution in [1.29, 1.82) is 0 Å². The summed E-state index contributed by atoms with van der Waals surface area (Å²) in [5.74, 6) is 0.663. The minimum absolute atomic E-state index is 0.143. The lowest BCUT2D eigenvalue weighted by Gasteiger charge is -2.26. The molecule has 1 aliphatic rings. The van der Waals surface area contributed by atoms with Gasteiger partial charge in [-0.3, -0.25) is 9.59 Å². The molecule has 0 saturated carbocycles. The van der Waals surface area contributed by atoms with Crippen LogP contribution < -0.4 is 10.2 Å². The Balaban J connectivity index is 1.68. The summed E-state index contributed by atoms with van der Waals surface area (Å²) >= 11 is 0. The quantitative estimate of drug-likeness (QED) is 0.372. The van der Waals surface area contributed by atoms with E-state index in [1.54, 1.807) is 11.0 Å². The van der Waals surface area contributed by atoms with E-state index in [9.17, 15) is 9.59 Å². The highest BCUT2D eigenvalue weighted by atomic mass is 16.5. The van der Waals surface area contributed by atoms with Crippen LogP contribution >= 0.6 is 0 Å². The Morgan fingerprint density at radius 1 is 0.971 bits per heavy atom. The lowest BCUT2D eigenvalue weighted by Crippen LogP contribution is -2.35. The van der Waals surface area contributed by atoms with Gasteiger partial charge in [0.25, 0.3) is 5.91 Å². The van der Waals surface area contributed by atoms with Crippen LogP contribution in [0.1, 0.15) is 41.1 Å². The second-order valence-corrected chi connectivity index (χ2v) is 8.96. The Morgan fingerprint density at radius 2 is 1.74 bits per heavy atom. The van der Waals surface area contributed by atoms with E-state index in [1.807, 2.05) is 73.6 Å². The van der Waals surface area contributed by atoms with Crippen LogP contribution in [0.4, 0.5) is 0 Å². The number of carbonyl (C=O) groups is 1. The Morgan fingerprint density at radius 3 is 2.47 bits per heavy atom. The molecule has 6 nitrogen and oxygen atoms in total. The van der Waals surface area contributed by atoms with Crippen LogP contribution in [0.15, 0.2) is 69.9 Å². The summed E-state index contributed by atoms with van der Waals surface area (Å²) in [6.45, 7) is 3.85. The highest BCUT2D eigenvalue weighted by Gasteiger charge is 2.42. The molecule has 1 unspecified atom stereocenters. The lowest BCUT2D eigenvalue weighted by atomic mass is 9.97. The van der Waals surface area contributed by atoms with Gasteiger partial charge in [0, 0.05) is 18.5 Å². The topological polar surface area (TPSA) is 63.0 Å². The molecule has 3 aromatic carbocycles. The van der Waals surface area contributed by atoms with Crippen LogP contribution in [-0.4, -0.2) is 49.5 Å². The maximum Gasteiger partial charge on any atom is 0.290 e. The number of nitrogens with zero attached hydrogens (tertiary/aromatic N) is 2. The third-order valence-electron chi connectivity index (χ3n) is 6.31. The molecule has 0 fully saturated rings. The summed E-state index contributed by atoms with van der Waals surface area (Å²) in [5.41, 5.74) is 1.58. The van der Waals surface area contributed by atoms with Gasteiger partial charge in [0.1, 0.15) is 11.3 Å². The Kier molecular flexibility index (Phi) is 5.84. The van der Waals surface area contributed by atoms with Crippen LogP contribution in [0, 0.1) is 0 Å². The lowest BCUT2D eigenvalue weighted by molar-refractivity contribution is 0.0716. The predicted molar refractivity (Wildman–Crippen MR) is 134 cm³/mol. The maximum atomic E-state index is 13.8. The molecule has 174 valence electrons. The molecule has 0 radical (unpaired) electrons. The van der Waals surface area contributed by atoms with Crippen molar-refractivity contribution in [3.63, 3.8) is 0 Å². The van der Waals surface area contributed by atoms with Crippen LogP contribution in [-0.2, 0) is 0 Å². The number of carbonyl (C=O) groups excluding carboxylic acids is 1. The predicted octanol–water partition coefficient (Wildman–Crippen LogP) is 4.84. The summed E-state index contributed by atoms with van der Waals surface area (Å²) in [5, 5.41) is 2.29. The molecule has 4 aromatic rings. The summed E-state index contributed by atoms with van der Waals surface area (Å²) in [4.78, 5) is 31.2. The van der Waals surface area contributed by atoms with E-state index in [1.165, 1.54) is 0 Å². The number of hydrogen-bond acceptors (Lipinski definition) is 5. The van der Waals surface area contributed by atoms with Gasteiger partial charge < -0.3 is 19.0 Å². The second-order valence-electron chi connectivity index (χ2n) is 8.96. The van der Waals surface area contributed by atoms with Gasteiger partial charge in [-0.1, -0.05) is 49.4 Å². The third kappa shape index (κ3) is 3.74. The van der Waals surface area contributed by atoms with E-state index in [0.29, 0.717) is 36.2 Å². The molecule has 1 atom stereocenters. The van der Waals surface area contributed by atoms with Crippen molar-refractivity contribution in [3.8, 4) is 5.75 Å². The minimum atomic E-state index is -0.505. The molecule has 1 aromatic heterocycles. The number of amides is 1. The standard InChI is InChI=1S/C28H28N2O4/c1-4-17-33-20-12-9-19(10-13-20)24-23-25(31)22-14-11-18-7-5-6-8-21(18)26(22)34-27(23)28(32)30(24)16-15-29(2)3/h5-14,24H,4,15-17H2,1-3H3. The highest BCUT2D eigenvalue weighted by Crippen LogP contribution is 2.39. The molecular weight excluding hydrogens is 428 g/mol. The first-order chi connectivity index (χ1) is 16.5. The van der Waals surface area contributed by atoms with Crippen molar-refractivity contribution in [2.45, 2.75) is 19.4 Å². The number of fused-ring (bicyclic) bond motifs is 4. The number of hydrogen-bond donors (Lipinski definition) is 0. The maximum absolute atomic E-state index is 13.8. The molecule has 34 heavy (non-hydrogen) atoms. The SMILES string of the molecule is CCCOc1ccc(C2c3c(oc4c(ccc5ccccc54)c3=O)C(=O)N2CCN(C)C)cc1. The van der Waals surface area contributed by atoms with Gasteiger partial charge in [-0.15, -0.1) is 0 Å². The molecular formula is C28H28N2O4. The Hall–Kier alpha value is -3.64. The smallest absolute Gasteiger partial charge is 0.290 e. The fourth-order valence-electron chi connectivity index (χ4n) is 4.60. The normalized spacial score (nSPS) is 15.5. The van der Waals surface area contributed by atoms with Gasteiger partial charge >= 0.3 is 0 Å². The average molecular weight is 457 g/mol. The average Bonchev–Trinajstić information content (AvgIpc) is 3.13. The second kappa shape index (κ2) is 8.95. The first-order valence-corrected chi connectivity index (χ1v) is 11.7. The van der Waals surface area contributed by atoms with E-state index in [0.717, 1.165) is 28.5 Å². The summed E-state index contributed by atoms with van der Waals surface area (Å²) < 4.78 is 12.0. The van der Waals surface area contributed by atoms with Gasteiger partial charge in [0.15, 0.2) is 5.43 Å². The zero-order valence-corrected chi connectivity index (χ0v) is 19.7. The van der Waals surface area contributed by atoms with E-state index in [-0.39, 0.29) is 17.1 Å². The monoisotopic (exact) mass is 456 g/mol. The number of benzene rings is 3. The van der Waals surface area contributed by atoms with Crippen molar-refractivity contribution in [2.24, 2.45) is 0 Å². The number of rotatable bonds is 7. The van der Waals surface area contributed by atoms with Crippen molar-refractivity contribution in [3.05, 3.63) is 87.8 Å². The third-order valence-corrected chi connectivity index (χ3v) is 6.31. The Bertz CT molecular complexity index is 1420. The van der Waals surface area contributed by atoms with Gasteiger partial charge in [0.2, 0.25) is 5.76 Å². The molecule has 2 heterocycles. The zero-order valence-electron chi connectivity index (χ0n) is 19.7. The minimum Gasteiger partial charge on any atom is -0.494 e. The van der Waals surface area contributed by atoms with E-state index >= 15 is 0 Å². The first-order valence-electron chi connectivity index (χ1n) is 11.7. The van der Waals surface area contributed by atoms with Crippen LogP contribution in [0.2, 0.25) is 0 Å². The molecule has 0 N–H and O–H groups in total. The van der Waals surface area contributed by atoms with Crippen molar-refractivity contribution < 1.29 is 13.9 Å². The first kappa shape index (κ1) is 22.2. The summed E-state index contributed by atoms with van der Waals surface area (Å²) in [6.07, 6.45) is 0.924. The number of ether oxygens (including phenoxy) is 1. The molecule has 1 amide bonds. The highest BCUT2D eigenvalue weighted by molar-refractivity contribution is 6.06. The van der Waals surface area contributed by atoms with Crippen molar-refractivity contribution in [1.82, 2.24) is 9.80 Å². The van der Waals surface area contributed by atoms with Crippen LogP contribution in [0.25, 0.3) is 21.7 Å². The molecule has 0 bridgehead atoms. The van der Waals surface area contributed by atoms with Crippen LogP contribution in [0.5, 0.6) is 5.75 Å². The molecule has 6 heteroatoms. The van der Waals surface area contributed by atoms with Gasteiger partial charge in [0.05, 0.1) is 23.6 Å². The van der Waals surface area contributed by atoms with Crippen LogP contribution in [0.3, 0.4) is 0 Å². The van der Waals surface area contributed by atoms with Gasteiger partial charge in [-0.05, 0) is 49.7 Å². The van der Waals surface area contributed by atoms with E-state index in [4.69, 9.17) is 9.15 Å². The van der Waals surface area contributed by atoms with Crippen molar-refractivity contribution >= 4 is 27.6 Å². The molecule has 0 aliphatic carbocycles. The van der Waals surface area contributed by atoms with E-state index < -0.39 is 6.04 Å². The molecule has 0 saturated heterocycles. The molecule has 5 rings (SSSR count). The fourth-order valence-corrected chi connectivity index (χ4v) is 4.60. The van der Waals surface area contributed by atoms with Gasteiger partial charge in [-0.25, -0.2) is 0 Å². The van der Waals surface area contributed by atoms with Crippen molar-refractivity contribution in [2.75, 3.05) is 33.8 Å². The summed E-state index contributed by atoms with van der Waals surface area (Å²) in [6, 6.07) is 18.6. The number of likely N-dealkylation sites (N-methyl/N-ethyl adjacent to an activating group) is 1. The largest absolute Gasteiger partial charge is 0.494 e. The zero-order chi connectivity index (χ0) is 23.8. The Labute approximate surface area is 198 Å². The molecule has 0 spiro atoms. The molecule has 1 aliphatic heterocycles. The summed E-state index contributed by atoms with van der Waals surface area (Å²) in [7, 11) is 3.93. The fraction of sp³-hybridized carbons (Fsp3) is 0.286. The van der Waals surface area contributed by atoms with E-state index in [2.05, 4.69) is 6.92 Å². The van der Waals surface area contributed by atoms with Gasteiger partial charge in [-0.2, -0.15) is 0 Å².